The zero-order chi connectivity index (χ0) is 21.8. The Morgan fingerprint density at radius 2 is 1.61 bits per heavy atom. The van der Waals surface area contributed by atoms with Crippen molar-refractivity contribution in [2.24, 2.45) is 11.8 Å². The number of benzene rings is 2. The largest absolute Gasteiger partial charge is 0.466 e. The first-order valence-electron chi connectivity index (χ1n) is 10.8. The summed E-state index contributed by atoms with van der Waals surface area (Å²) < 4.78 is 10.5. The summed E-state index contributed by atoms with van der Waals surface area (Å²) in [5, 5.41) is 0. The average Bonchev–Trinajstić information content (AvgIpc) is 3.26. The molecule has 0 bridgehead atoms. The SMILES string of the molecule is COC(=O)C(OC(=O)C1CCCCC1C(=O)N1CCc2ccccc21)c1ccccc1. The molecule has 0 N–H and O–H groups in total. The minimum atomic E-state index is -1.14. The first kappa shape index (κ1) is 21.1. The smallest absolute Gasteiger partial charge is 0.351 e. The monoisotopic (exact) mass is 421 g/mol. The topological polar surface area (TPSA) is 72.9 Å². The fraction of sp³-hybridized carbons (Fsp3) is 0.400. The number of carbonyl (C=O) groups excluding carboxylic acids is 3. The number of amides is 1. The third kappa shape index (κ3) is 4.33. The molecule has 0 spiro atoms. The maximum absolute atomic E-state index is 13.5. The van der Waals surface area contributed by atoms with E-state index in [0.29, 0.717) is 24.9 Å². The fourth-order valence-electron chi connectivity index (χ4n) is 4.67. The van der Waals surface area contributed by atoms with Crippen LogP contribution in [0.4, 0.5) is 5.69 Å². The van der Waals surface area contributed by atoms with E-state index in [1.54, 1.807) is 29.2 Å². The number of hydrogen-bond acceptors (Lipinski definition) is 5. The second kappa shape index (κ2) is 9.33. The maximum Gasteiger partial charge on any atom is 0.351 e. The van der Waals surface area contributed by atoms with E-state index in [0.717, 1.165) is 30.5 Å². The quantitative estimate of drug-likeness (QED) is 0.686. The molecule has 1 aliphatic heterocycles. The normalized spacial score (nSPS) is 21.1. The molecule has 6 nitrogen and oxygen atoms in total. The molecule has 3 unspecified atom stereocenters. The molecule has 1 aliphatic carbocycles. The molecule has 2 aliphatic rings. The van der Waals surface area contributed by atoms with Crippen molar-refractivity contribution in [2.75, 3.05) is 18.6 Å². The van der Waals surface area contributed by atoms with Gasteiger partial charge in [-0.1, -0.05) is 61.4 Å². The molecule has 6 heteroatoms. The van der Waals surface area contributed by atoms with Crippen LogP contribution in [-0.4, -0.2) is 31.5 Å². The molecule has 0 aromatic heterocycles. The first-order valence-corrected chi connectivity index (χ1v) is 10.8. The molecule has 1 fully saturated rings. The summed E-state index contributed by atoms with van der Waals surface area (Å²) in [4.78, 5) is 40.8. The van der Waals surface area contributed by atoms with Crippen LogP contribution in [0.1, 0.15) is 42.9 Å². The van der Waals surface area contributed by atoms with Crippen molar-refractivity contribution in [3.05, 3.63) is 65.7 Å². The third-order valence-corrected chi connectivity index (χ3v) is 6.29. The van der Waals surface area contributed by atoms with E-state index in [1.807, 2.05) is 30.3 Å². The molecular formula is C25H27NO5. The van der Waals surface area contributed by atoms with E-state index in [4.69, 9.17) is 9.47 Å². The molecule has 1 saturated carbocycles. The van der Waals surface area contributed by atoms with Crippen LogP contribution >= 0.6 is 0 Å². The maximum atomic E-state index is 13.5. The number of hydrogen-bond donors (Lipinski definition) is 0. The van der Waals surface area contributed by atoms with Crippen molar-refractivity contribution in [1.82, 2.24) is 0 Å². The second-order valence-electron chi connectivity index (χ2n) is 8.12. The predicted molar refractivity (Wildman–Crippen MR) is 115 cm³/mol. The highest BCUT2D eigenvalue weighted by molar-refractivity contribution is 5.99. The summed E-state index contributed by atoms with van der Waals surface area (Å²) in [5.74, 6) is -2.18. The Balaban J connectivity index is 1.53. The molecule has 4 rings (SSSR count). The number of methoxy groups -OCH3 is 1. The van der Waals surface area contributed by atoms with E-state index in [-0.39, 0.29) is 5.91 Å². The fourth-order valence-corrected chi connectivity index (χ4v) is 4.67. The third-order valence-electron chi connectivity index (χ3n) is 6.29. The molecule has 2 aromatic carbocycles. The Morgan fingerprint density at radius 1 is 0.935 bits per heavy atom. The Bertz CT molecular complexity index is 957. The number of fused-ring (bicyclic) bond motifs is 1. The number of ether oxygens (including phenoxy) is 2. The van der Waals surface area contributed by atoms with E-state index in [2.05, 4.69) is 0 Å². The van der Waals surface area contributed by atoms with Crippen molar-refractivity contribution >= 4 is 23.5 Å². The van der Waals surface area contributed by atoms with Crippen molar-refractivity contribution in [2.45, 2.75) is 38.2 Å². The minimum Gasteiger partial charge on any atom is -0.466 e. The van der Waals surface area contributed by atoms with Crippen LogP contribution in [0.25, 0.3) is 0 Å². The highest BCUT2D eigenvalue weighted by Crippen LogP contribution is 2.37. The Hall–Kier alpha value is -3.15. The number of para-hydroxylation sites is 1. The highest BCUT2D eigenvalue weighted by atomic mass is 16.6. The van der Waals surface area contributed by atoms with Gasteiger partial charge in [-0.25, -0.2) is 4.79 Å². The van der Waals surface area contributed by atoms with Crippen LogP contribution in [0, 0.1) is 11.8 Å². The summed E-state index contributed by atoms with van der Waals surface area (Å²) in [6.07, 6.45) is 2.66. The molecule has 0 radical (unpaired) electrons. The molecule has 0 saturated heterocycles. The molecule has 1 heterocycles. The highest BCUT2D eigenvalue weighted by Gasteiger charge is 2.42. The van der Waals surface area contributed by atoms with E-state index >= 15 is 0 Å². The zero-order valence-corrected chi connectivity index (χ0v) is 17.7. The van der Waals surface area contributed by atoms with Gasteiger partial charge in [-0.05, 0) is 30.9 Å². The van der Waals surface area contributed by atoms with E-state index < -0.39 is 29.9 Å². The van der Waals surface area contributed by atoms with E-state index in [9.17, 15) is 14.4 Å². The van der Waals surface area contributed by atoms with Gasteiger partial charge in [-0.15, -0.1) is 0 Å². The lowest BCUT2D eigenvalue weighted by Gasteiger charge is -2.33. The van der Waals surface area contributed by atoms with E-state index in [1.165, 1.54) is 7.11 Å². The molecule has 31 heavy (non-hydrogen) atoms. The Morgan fingerprint density at radius 3 is 2.35 bits per heavy atom. The van der Waals surface area contributed by atoms with Crippen molar-refractivity contribution in [3.63, 3.8) is 0 Å². The van der Waals surface area contributed by atoms with Gasteiger partial charge in [-0.2, -0.15) is 0 Å². The van der Waals surface area contributed by atoms with Crippen molar-refractivity contribution < 1.29 is 23.9 Å². The van der Waals surface area contributed by atoms with Crippen LogP contribution in [-0.2, 0) is 30.3 Å². The molecule has 2 aromatic rings. The number of nitrogens with zero attached hydrogens (tertiary/aromatic N) is 1. The second-order valence-corrected chi connectivity index (χ2v) is 8.12. The van der Waals surface area contributed by atoms with Crippen LogP contribution in [0.5, 0.6) is 0 Å². The minimum absolute atomic E-state index is 0.0269. The van der Waals surface area contributed by atoms with Gasteiger partial charge in [0.15, 0.2) is 0 Å². The molecule has 1 amide bonds. The number of carbonyl (C=O) groups is 3. The van der Waals surface area contributed by atoms with Gasteiger partial charge in [0.1, 0.15) is 0 Å². The Labute approximate surface area is 182 Å². The van der Waals surface area contributed by atoms with Crippen LogP contribution in [0.3, 0.4) is 0 Å². The average molecular weight is 421 g/mol. The molecule has 3 atom stereocenters. The lowest BCUT2D eigenvalue weighted by atomic mass is 9.78. The van der Waals surface area contributed by atoms with Crippen LogP contribution in [0.15, 0.2) is 54.6 Å². The lowest BCUT2D eigenvalue weighted by Crippen LogP contribution is -2.43. The van der Waals surface area contributed by atoms with Gasteiger partial charge >= 0.3 is 11.9 Å². The predicted octanol–water partition coefficient (Wildman–Crippen LogP) is 3.84. The van der Waals surface area contributed by atoms with Gasteiger partial charge in [0, 0.05) is 17.8 Å². The summed E-state index contributed by atoms with van der Waals surface area (Å²) in [7, 11) is 1.27. The van der Waals surface area contributed by atoms with Gasteiger partial charge in [0.25, 0.3) is 0 Å². The number of esters is 2. The van der Waals surface area contributed by atoms with Crippen LogP contribution < -0.4 is 4.90 Å². The summed E-state index contributed by atoms with van der Waals surface area (Å²) in [5.41, 5.74) is 2.64. The van der Waals surface area contributed by atoms with Crippen molar-refractivity contribution in [1.29, 1.82) is 0 Å². The van der Waals surface area contributed by atoms with Gasteiger partial charge in [-0.3, -0.25) is 9.59 Å². The number of anilines is 1. The standard InChI is InChI=1S/C25H27NO5/c1-30-25(29)22(18-10-3-2-4-11-18)31-24(28)20-13-7-6-12-19(20)23(27)26-16-15-17-9-5-8-14-21(17)26/h2-5,8-11,14,19-20,22H,6-7,12-13,15-16H2,1H3. The zero-order valence-electron chi connectivity index (χ0n) is 17.7. The van der Waals surface area contributed by atoms with Gasteiger partial charge in [0.05, 0.1) is 18.9 Å². The van der Waals surface area contributed by atoms with Gasteiger partial charge in [0.2, 0.25) is 12.0 Å². The number of rotatable bonds is 5. The van der Waals surface area contributed by atoms with Gasteiger partial charge < -0.3 is 14.4 Å². The summed E-state index contributed by atoms with van der Waals surface area (Å²) in [6.45, 7) is 0.630. The van der Waals surface area contributed by atoms with Crippen molar-refractivity contribution in [3.8, 4) is 0 Å². The molecular weight excluding hydrogens is 394 g/mol. The first-order chi connectivity index (χ1) is 15.1. The summed E-state index contributed by atoms with van der Waals surface area (Å²) >= 11 is 0. The van der Waals surface area contributed by atoms with Crippen LogP contribution in [0.2, 0.25) is 0 Å². The summed E-state index contributed by atoms with van der Waals surface area (Å²) in [6, 6.07) is 16.7. The molecule has 162 valence electrons. The lowest BCUT2D eigenvalue weighted by molar-refractivity contribution is -0.172. The Kier molecular flexibility index (Phi) is 6.35.